The third kappa shape index (κ3) is 2.85. The van der Waals surface area contributed by atoms with Gasteiger partial charge in [0.15, 0.2) is 0 Å². The van der Waals surface area contributed by atoms with Gasteiger partial charge < -0.3 is 10.1 Å². The number of hydrogen-bond acceptors (Lipinski definition) is 2. The molecule has 1 saturated carbocycles. The van der Waals surface area contributed by atoms with E-state index in [9.17, 15) is 4.39 Å². The predicted molar refractivity (Wildman–Crippen MR) is 66.4 cm³/mol. The highest BCUT2D eigenvalue weighted by atomic mass is 19.1. The van der Waals surface area contributed by atoms with Gasteiger partial charge in [-0.3, -0.25) is 0 Å². The zero-order valence-corrected chi connectivity index (χ0v) is 10.6. The maximum absolute atomic E-state index is 13.1. The normalized spacial score (nSPS) is 17.8. The number of ether oxygens (including phenoxy) is 1. The first-order chi connectivity index (χ1) is 8.15. The molecule has 0 heterocycles. The molecule has 0 aromatic heterocycles. The molecule has 0 spiro atoms. The lowest BCUT2D eigenvalue weighted by Crippen LogP contribution is -2.47. The van der Waals surface area contributed by atoms with E-state index in [1.54, 1.807) is 13.2 Å². The average Bonchev–Trinajstić information content (AvgIpc) is 2.27. The van der Waals surface area contributed by atoms with Crippen LogP contribution in [0.3, 0.4) is 0 Å². The lowest BCUT2D eigenvalue weighted by atomic mass is 9.80. The number of rotatable bonds is 5. The van der Waals surface area contributed by atoms with E-state index in [0.29, 0.717) is 6.54 Å². The van der Waals surface area contributed by atoms with E-state index in [0.717, 1.165) is 30.5 Å². The Labute approximate surface area is 102 Å². The second kappa shape index (κ2) is 5.15. The summed E-state index contributed by atoms with van der Waals surface area (Å²) in [5.41, 5.74) is 2.18. The highest BCUT2D eigenvalue weighted by molar-refractivity contribution is 5.26. The van der Waals surface area contributed by atoms with Gasteiger partial charge in [-0.05, 0) is 49.4 Å². The van der Waals surface area contributed by atoms with Crippen molar-refractivity contribution in [3.8, 4) is 0 Å². The van der Waals surface area contributed by atoms with Gasteiger partial charge in [0, 0.05) is 20.2 Å². The molecule has 0 aliphatic heterocycles. The Morgan fingerprint density at radius 1 is 1.41 bits per heavy atom. The van der Waals surface area contributed by atoms with Gasteiger partial charge in [-0.25, -0.2) is 4.39 Å². The number of methoxy groups -OCH3 is 1. The van der Waals surface area contributed by atoms with E-state index < -0.39 is 0 Å². The predicted octanol–water partition coefficient (Wildman–Crippen LogP) is 2.79. The van der Waals surface area contributed by atoms with E-state index in [-0.39, 0.29) is 11.4 Å². The monoisotopic (exact) mass is 237 g/mol. The van der Waals surface area contributed by atoms with Crippen LogP contribution in [0.5, 0.6) is 0 Å². The van der Waals surface area contributed by atoms with E-state index in [1.165, 1.54) is 12.5 Å². The van der Waals surface area contributed by atoms with Crippen LogP contribution in [-0.4, -0.2) is 19.3 Å². The van der Waals surface area contributed by atoms with Gasteiger partial charge in [-0.2, -0.15) is 0 Å². The largest absolute Gasteiger partial charge is 0.377 e. The third-order valence-electron chi connectivity index (χ3n) is 3.77. The molecule has 0 unspecified atom stereocenters. The Bertz CT molecular complexity index is 382. The molecule has 1 aromatic carbocycles. The molecule has 0 bridgehead atoms. The van der Waals surface area contributed by atoms with Crippen molar-refractivity contribution in [2.45, 2.75) is 38.3 Å². The SMILES string of the molecule is COC1(CNCc2cc(F)ccc2C)CCC1. The zero-order chi connectivity index (χ0) is 12.3. The lowest BCUT2D eigenvalue weighted by molar-refractivity contribution is -0.0695. The van der Waals surface area contributed by atoms with Crippen LogP contribution in [0.2, 0.25) is 0 Å². The van der Waals surface area contributed by atoms with Crippen LogP contribution in [0.4, 0.5) is 4.39 Å². The molecule has 2 rings (SSSR count). The summed E-state index contributed by atoms with van der Waals surface area (Å²) >= 11 is 0. The van der Waals surface area contributed by atoms with Gasteiger partial charge >= 0.3 is 0 Å². The maximum Gasteiger partial charge on any atom is 0.123 e. The summed E-state index contributed by atoms with van der Waals surface area (Å²) in [5.74, 6) is -0.169. The Kier molecular flexibility index (Phi) is 3.79. The Morgan fingerprint density at radius 3 is 2.76 bits per heavy atom. The van der Waals surface area contributed by atoms with Crippen LogP contribution in [0, 0.1) is 12.7 Å². The number of aryl methyl sites for hydroxylation is 1. The molecule has 17 heavy (non-hydrogen) atoms. The van der Waals surface area contributed by atoms with Crippen molar-refractivity contribution in [1.82, 2.24) is 5.32 Å². The number of nitrogens with one attached hydrogen (secondary N) is 1. The number of halogens is 1. The van der Waals surface area contributed by atoms with E-state index in [2.05, 4.69) is 5.32 Å². The quantitative estimate of drug-likeness (QED) is 0.850. The molecule has 0 atom stereocenters. The van der Waals surface area contributed by atoms with Gasteiger partial charge in [-0.15, -0.1) is 0 Å². The zero-order valence-electron chi connectivity index (χ0n) is 10.6. The Morgan fingerprint density at radius 2 is 2.18 bits per heavy atom. The first-order valence-electron chi connectivity index (χ1n) is 6.16. The van der Waals surface area contributed by atoms with E-state index >= 15 is 0 Å². The van der Waals surface area contributed by atoms with Crippen LogP contribution in [-0.2, 0) is 11.3 Å². The van der Waals surface area contributed by atoms with Crippen LogP contribution >= 0.6 is 0 Å². The first-order valence-corrected chi connectivity index (χ1v) is 6.16. The van der Waals surface area contributed by atoms with E-state index in [1.807, 2.05) is 13.0 Å². The van der Waals surface area contributed by atoms with Crippen molar-refractivity contribution >= 4 is 0 Å². The molecular weight excluding hydrogens is 217 g/mol. The van der Waals surface area contributed by atoms with Gasteiger partial charge in [0.2, 0.25) is 0 Å². The molecule has 1 aliphatic rings. The Hall–Kier alpha value is -0.930. The molecular formula is C14H20FNO. The molecule has 1 fully saturated rings. The molecule has 1 aromatic rings. The molecule has 2 nitrogen and oxygen atoms in total. The van der Waals surface area contributed by atoms with Crippen molar-refractivity contribution < 1.29 is 9.13 Å². The standard InChI is InChI=1S/C14H20FNO/c1-11-4-5-13(15)8-12(11)9-16-10-14(17-2)6-3-7-14/h4-5,8,16H,3,6-7,9-10H2,1-2H3. The summed E-state index contributed by atoms with van der Waals surface area (Å²) in [5, 5.41) is 3.37. The van der Waals surface area contributed by atoms with Crippen LogP contribution in [0.25, 0.3) is 0 Å². The minimum atomic E-state index is -0.169. The summed E-state index contributed by atoms with van der Waals surface area (Å²) < 4.78 is 18.6. The maximum atomic E-state index is 13.1. The third-order valence-corrected chi connectivity index (χ3v) is 3.77. The fourth-order valence-corrected chi connectivity index (χ4v) is 2.28. The number of benzene rings is 1. The minimum absolute atomic E-state index is 0.0290. The summed E-state index contributed by atoms with van der Waals surface area (Å²) in [6.45, 7) is 3.56. The van der Waals surface area contributed by atoms with Crippen molar-refractivity contribution in [1.29, 1.82) is 0 Å². The molecule has 1 N–H and O–H groups in total. The van der Waals surface area contributed by atoms with Crippen molar-refractivity contribution in [2.24, 2.45) is 0 Å². The minimum Gasteiger partial charge on any atom is -0.377 e. The van der Waals surface area contributed by atoms with Gasteiger partial charge in [-0.1, -0.05) is 6.07 Å². The highest BCUT2D eigenvalue weighted by Gasteiger charge is 2.36. The van der Waals surface area contributed by atoms with Gasteiger partial charge in [0.25, 0.3) is 0 Å². The smallest absolute Gasteiger partial charge is 0.123 e. The second-order valence-electron chi connectivity index (χ2n) is 4.92. The lowest BCUT2D eigenvalue weighted by Gasteiger charge is -2.40. The molecule has 0 amide bonds. The molecule has 1 aliphatic carbocycles. The fraction of sp³-hybridized carbons (Fsp3) is 0.571. The summed E-state index contributed by atoms with van der Waals surface area (Å²) in [7, 11) is 1.77. The van der Waals surface area contributed by atoms with Crippen LogP contribution in [0.1, 0.15) is 30.4 Å². The highest BCUT2D eigenvalue weighted by Crippen LogP contribution is 2.34. The van der Waals surface area contributed by atoms with Gasteiger partial charge in [0.1, 0.15) is 5.82 Å². The van der Waals surface area contributed by atoms with Crippen LogP contribution < -0.4 is 5.32 Å². The number of hydrogen-bond donors (Lipinski definition) is 1. The van der Waals surface area contributed by atoms with Crippen molar-refractivity contribution in [3.63, 3.8) is 0 Å². The molecule has 0 radical (unpaired) electrons. The summed E-state index contributed by atoms with van der Waals surface area (Å²) in [6, 6.07) is 4.92. The topological polar surface area (TPSA) is 21.3 Å². The van der Waals surface area contributed by atoms with E-state index in [4.69, 9.17) is 4.74 Å². The molecule has 3 heteroatoms. The summed E-state index contributed by atoms with van der Waals surface area (Å²) in [6.07, 6.45) is 3.49. The Balaban J connectivity index is 1.87. The van der Waals surface area contributed by atoms with Crippen molar-refractivity contribution in [3.05, 3.63) is 35.1 Å². The first kappa shape index (κ1) is 12.5. The molecule has 94 valence electrons. The van der Waals surface area contributed by atoms with Crippen LogP contribution in [0.15, 0.2) is 18.2 Å². The average molecular weight is 237 g/mol. The summed E-state index contributed by atoms with van der Waals surface area (Å²) in [4.78, 5) is 0. The van der Waals surface area contributed by atoms with Crippen molar-refractivity contribution in [2.75, 3.05) is 13.7 Å². The van der Waals surface area contributed by atoms with Gasteiger partial charge in [0.05, 0.1) is 5.60 Å². The second-order valence-corrected chi connectivity index (χ2v) is 4.92. The molecule has 0 saturated heterocycles. The fourth-order valence-electron chi connectivity index (χ4n) is 2.28.